The minimum Gasteiger partial charge on any atom is -0.339 e. The van der Waals surface area contributed by atoms with Crippen LogP contribution in [0.1, 0.15) is 36.1 Å². The quantitative estimate of drug-likeness (QED) is 0.711. The Morgan fingerprint density at radius 3 is 2.59 bits per heavy atom. The minimum atomic E-state index is 0.343. The zero-order valence-corrected chi connectivity index (χ0v) is 13.7. The molecule has 1 saturated carbocycles. The molecular formula is C19H23NOS. The van der Waals surface area contributed by atoms with Gasteiger partial charge in [-0.1, -0.05) is 36.4 Å². The first-order chi connectivity index (χ1) is 10.8. The second kappa shape index (κ2) is 7.59. The van der Waals surface area contributed by atoms with Crippen LogP contribution < -0.4 is 0 Å². The molecule has 1 fully saturated rings. The summed E-state index contributed by atoms with van der Waals surface area (Å²) in [7, 11) is 0. The number of thiophene rings is 1. The Balaban J connectivity index is 1.45. The van der Waals surface area contributed by atoms with Gasteiger partial charge < -0.3 is 4.90 Å². The summed E-state index contributed by atoms with van der Waals surface area (Å²) in [5.74, 6) is 0.343. The van der Waals surface area contributed by atoms with Gasteiger partial charge in [0.05, 0.1) is 0 Å². The molecule has 22 heavy (non-hydrogen) atoms. The highest BCUT2D eigenvalue weighted by atomic mass is 32.1. The van der Waals surface area contributed by atoms with E-state index in [2.05, 4.69) is 46.7 Å². The zero-order valence-electron chi connectivity index (χ0n) is 12.9. The number of hydrogen-bond donors (Lipinski definition) is 0. The summed E-state index contributed by atoms with van der Waals surface area (Å²) >= 11 is 1.79. The molecule has 0 N–H and O–H groups in total. The van der Waals surface area contributed by atoms with Crippen molar-refractivity contribution in [3.8, 4) is 0 Å². The SMILES string of the molecule is O=C(CCCc1ccccc1)N(CCc1cccs1)C1CC1. The number of carbonyl (C=O) groups is 1. The highest BCUT2D eigenvalue weighted by Gasteiger charge is 2.31. The smallest absolute Gasteiger partial charge is 0.222 e. The largest absolute Gasteiger partial charge is 0.339 e. The highest BCUT2D eigenvalue weighted by molar-refractivity contribution is 7.09. The van der Waals surface area contributed by atoms with E-state index in [0.717, 1.165) is 25.8 Å². The maximum absolute atomic E-state index is 12.5. The van der Waals surface area contributed by atoms with Crippen LogP contribution >= 0.6 is 11.3 Å². The monoisotopic (exact) mass is 313 g/mol. The van der Waals surface area contributed by atoms with Crippen molar-refractivity contribution in [2.45, 2.75) is 44.6 Å². The molecule has 0 spiro atoms. The van der Waals surface area contributed by atoms with Crippen molar-refractivity contribution in [1.82, 2.24) is 4.90 Å². The third-order valence-electron chi connectivity index (χ3n) is 4.19. The number of aryl methyl sites for hydroxylation is 1. The summed E-state index contributed by atoms with van der Waals surface area (Å²) in [6.07, 6.45) is 6.00. The molecule has 0 atom stereocenters. The molecular weight excluding hydrogens is 290 g/mol. The minimum absolute atomic E-state index is 0.343. The Kier molecular flexibility index (Phi) is 5.28. The van der Waals surface area contributed by atoms with Gasteiger partial charge in [-0.05, 0) is 49.1 Å². The molecule has 0 radical (unpaired) electrons. The summed E-state index contributed by atoms with van der Waals surface area (Å²) in [5, 5.41) is 2.11. The summed E-state index contributed by atoms with van der Waals surface area (Å²) in [6, 6.07) is 15.2. The molecule has 2 nitrogen and oxygen atoms in total. The molecule has 1 aromatic carbocycles. The van der Waals surface area contributed by atoms with E-state index in [0.29, 0.717) is 18.4 Å². The maximum atomic E-state index is 12.5. The first kappa shape index (κ1) is 15.3. The van der Waals surface area contributed by atoms with E-state index in [4.69, 9.17) is 0 Å². The third-order valence-corrected chi connectivity index (χ3v) is 5.12. The number of nitrogens with zero attached hydrogens (tertiary/aromatic N) is 1. The van der Waals surface area contributed by atoms with E-state index in [9.17, 15) is 4.79 Å². The first-order valence-electron chi connectivity index (χ1n) is 8.19. The Morgan fingerprint density at radius 1 is 1.09 bits per heavy atom. The fourth-order valence-electron chi connectivity index (χ4n) is 2.81. The molecule has 1 aliphatic rings. The van der Waals surface area contributed by atoms with E-state index in [1.807, 2.05) is 6.07 Å². The van der Waals surface area contributed by atoms with Crippen LogP contribution in [0.25, 0.3) is 0 Å². The molecule has 0 saturated heterocycles. The lowest BCUT2D eigenvalue weighted by atomic mass is 10.1. The number of carbonyl (C=O) groups excluding carboxylic acids is 1. The molecule has 0 aliphatic heterocycles. The van der Waals surface area contributed by atoms with Crippen molar-refractivity contribution >= 4 is 17.2 Å². The van der Waals surface area contributed by atoms with Gasteiger partial charge in [-0.15, -0.1) is 11.3 Å². The van der Waals surface area contributed by atoms with Crippen LogP contribution in [0.5, 0.6) is 0 Å². The first-order valence-corrected chi connectivity index (χ1v) is 9.06. The molecule has 3 rings (SSSR count). The van der Waals surface area contributed by atoms with Crippen molar-refractivity contribution in [3.05, 3.63) is 58.3 Å². The molecule has 1 aliphatic carbocycles. The lowest BCUT2D eigenvalue weighted by molar-refractivity contribution is -0.131. The maximum Gasteiger partial charge on any atom is 0.222 e. The molecule has 1 heterocycles. The zero-order chi connectivity index (χ0) is 15.2. The van der Waals surface area contributed by atoms with Crippen LogP contribution in [0, 0.1) is 0 Å². The fourth-order valence-corrected chi connectivity index (χ4v) is 3.51. The lowest BCUT2D eigenvalue weighted by Gasteiger charge is -2.22. The molecule has 3 heteroatoms. The average molecular weight is 313 g/mol. The summed E-state index contributed by atoms with van der Waals surface area (Å²) in [5.41, 5.74) is 1.33. The van der Waals surface area contributed by atoms with E-state index < -0.39 is 0 Å². The highest BCUT2D eigenvalue weighted by Crippen LogP contribution is 2.28. The second-order valence-corrected chi connectivity index (χ2v) is 7.02. The molecule has 0 unspecified atom stereocenters. The van der Waals surface area contributed by atoms with Gasteiger partial charge in [0, 0.05) is 23.9 Å². The van der Waals surface area contributed by atoms with Crippen LogP contribution in [-0.4, -0.2) is 23.4 Å². The van der Waals surface area contributed by atoms with Gasteiger partial charge in [0.25, 0.3) is 0 Å². The van der Waals surface area contributed by atoms with E-state index in [1.165, 1.54) is 23.3 Å². The van der Waals surface area contributed by atoms with Crippen molar-refractivity contribution in [2.24, 2.45) is 0 Å². The van der Waals surface area contributed by atoms with Crippen LogP contribution in [0.3, 0.4) is 0 Å². The molecule has 1 amide bonds. The predicted molar refractivity (Wildman–Crippen MR) is 92.1 cm³/mol. The summed E-state index contributed by atoms with van der Waals surface area (Å²) in [4.78, 5) is 16.0. The standard InChI is InChI=1S/C19H23NOS/c21-19(10-4-8-16-6-2-1-3-7-16)20(17-11-12-17)14-13-18-9-5-15-22-18/h1-3,5-7,9,15,17H,4,8,10-14H2. The lowest BCUT2D eigenvalue weighted by Crippen LogP contribution is -2.34. The normalized spacial score (nSPS) is 14.0. The van der Waals surface area contributed by atoms with Crippen molar-refractivity contribution < 1.29 is 4.79 Å². The number of hydrogen-bond acceptors (Lipinski definition) is 2. The van der Waals surface area contributed by atoms with Crippen LogP contribution in [0.2, 0.25) is 0 Å². The predicted octanol–water partition coefficient (Wildman–Crippen LogP) is 4.30. The van der Waals surface area contributed by atoms with Gasteiger partial charge in [0.1, 0.15) is 0 Å². The van der Waals surface area contributed by atoms with Gasteiger partial charge in [0.2, 0.25) is 5.91 Å². The van der Waals surface area contributed by atoms with Crippen molar-refractivity contribution in [3.63, 3.8) is 0 Å². The number of rotatable bonds is 8. The van der Waals surface area contributed by atoms with E-state index in [-0.39, 0.29) is 0 Å². The Morgan fingerprint density at radius 2 is 1.91 bits per heavy atom. The summed E-state index contributed by atoms with van der Waals surface area (Å²) in [6.45, 7) is 0.884. The fraction of sp³-hybridized carbons (Fsp3) is 0.421. The van der Waals surface area contributed by atoms with E-state index >= 15 is 0 Å². The van der Waals surface area contributed by atoms with Gasteiger partial charge in [-0.3, -0.25) is 4.79 Å². The topological polar surface area (TPSA) is 20.3 Å². The Labute approximate surface area is 136 Å². The molecule has 1 aromatic heterocycles. The Bertz CT molecular complexity index is 575. The van der Waals surface area contributed by atoms with Crippen LogP contribution in [0.4, 0.5) is 0 Å². The third kappa shape index (κ3) is 4.44. The van der Waals surface area contributed by atoms with Gasteiger partial charge in [-0.25, -0.2) is 0 Å². The van der Waals surface area contributed by atoms with Crippen molar-refractivity contribution in [1.29, 1.82) is 0 Å². The van der Waals surface area contributed by atoms with Gasteiger partial charge in [0.15, 0.2) is 0 Å². The average Bonchev–Trinajstić information content (AvgIpc) is 3.24. The second-order valence-electron chi connectivity index (χ2n) is 5.99. The van der Waals surface area contributed by atoms with E-state index in [1.54, 1.807) is 11.3 Å². The van der Waals surface area contributed by atoms with Gasteiger partial charge >= 0.3 is 0 Å². The molecule has 116 valence electrons. The summed E-state index contributed by atoms with van der Waals surface area (Å²) < 4.78 is 0. The Hall–Kier alpha value is -1.61. The van der Waals surface area contributed by atoms with Crippen molar-refractivity contribution in [2.75, 3.05) is 6.54 Å². The van der Waals surface area contributed by atoms with Gasteiger partial charge in [-0.2, -0.15) is 0 Å². The molecule has 2 aromatic rings. The molecule has 0 bridgehead atoms. The van der Waals surface area contributed by atoms with Crippen LogP contribution in [0.15, 0.2) is 47.8 Å². The number of amides is 1. The number of benzene rings is 1. The van der Waals surface area contributed by atoms with Crippen LogP contribution in [-0.2, 0) is 17.6 Å².